The number of ether oxygens (including phenoxy) is 1. The van der Waals surface area contributed by atoms with Gasteiger partial charge in [-0.25, -0.2) is 4.79 Å². The molecule has 0 saturated heterocycles. The first-order valence-electron chi connectivity index (χ1n) is 3.38. The van der Waals surface area contributed by atoms with Crippen molar-refractivity contribution in [2.45, 2.75) is 20.8 Å². The molecule has 56 valence electrons. The molecule has 1 aliphatic heterocycles. The van der Waals surface area contributed by atoms with E-state index in [0.717, 1.165) is 5.57 Å². The zero-order valence-electron chi connectivity index (χ0n) is 6.60. The minimum atomic E-state index is -0.204. The first-order chi connectivity index (χ1) is 4.50. The van der Waals surface area contributed by atoms with Crippen molar-refractivity contribution in [3.05, 3.63) is 11.6 Å². The van der Waals surface area contributed by atoms with Gasteiger partial charge in [-0.1, -0.05) is 20.8 Å². The van der Waals surface area contributed by atoms with Gasteiger partial charge in [-0.15, -0.1) is 0 Å². The van der Waals surface area contributed by atoms with Crippen LogP contribution in [-0.4, -0.2) is 12.6 Å². The lowest BCUT2D eigenvalue weighted by Gasteiger charge is -2.17. The summed E-state index contributed by atoms with van der Waals surface area (Å²) in [6.45, 7) is 6.69. The molecule has 0 N–H and O–H groups in total. The molecule has 0 amide bonds. The summed E-state index contributed by atoms with van der Waals surface area (Å²) in [5.41, 5.74) is 1.16. The van der Waals surface area contributed by atoms with Crippen LogP contribution < -0.4 is 0 Å². The van der Waals surface area contributed by atoms with Crippen molar-refractivity contribution in [1.82, 2.24) is 0 Å². The molecule has 0 atom stereocenters. The van der Waals surface area contributed by atoms with Crippen LogP contribution >= 0.6 is 0 Å². The fraction of sp³-hybridized carbons (Fsp3) is 0.625. The SMILES string of the molecule is CC(C)(C)C1=CC(=O)OC1. The van der Waals surface area contributed by atoms with E-state index in [-0.39, 0.29) is 11.4 Å². The van der Waals surface area contributed by atoms with Gasteiger partial charge >= 0.3 is 5.97 Å². The highest BCUT2D eigenvalue weighted by Gasteiger charge is 2.23. The Bertz CT molecular complexity index is 184. The van der Waals surface area contributed by atoms with Crippen molar-refractivity contribution < 1.29 is 9.53 Å². The number of hydrogen-bond donors (Lipinski definition) is 0. The molecule has 0 aromatic rings. The second-order valence-corrected chi connectivity index (χ2v) is 3.53. The van der Waals surface area contributed by atoms with E-state index < -0.39 is 0 Å². The van der Waals surface area contributed by atoms with Crippen LogP contribution in [0.5, 0.6) is 0 Å². The van der Waals surface area contributed by atoms with Crippen LogP contribution in [-0.2, 0) is 9.53 Å². The molecule has 0 aromatic heterocycles. The average Bonchev–Trinajstić information content (AvgIpc) is 2.11. The quantitative estimate of drug-likeness (QED) is 0.477. The zero-order valence-corrected chi connectivity index (χ0v) is 6.60. The number of esters is 1. The number of carbonyl (C=O) groups excluding carboxylic acids is 1. The number of rotatable bonds is 0. The average molecular weight is 140 g/mol. The normalized spacial score (nSPS) is 18.7. The molecule has 1 rings (SSSR count). The van der Waals surface area contributed by atoms with Crippen molar-refractivity contribution in [1.29, 1.82) is 0 Å². The first-order valence-corrected chi connectivity index (χ1v) is 3.38. The molecule has 2 nitrogen and oxygen atoms in total. The summed E-state index contributed by atoms with van der Waals surface area (Å²) in [6.07, 6.45) is 1.58. The highest BCUT2D eigenvalue weighted by molar-refractivity contribution is 5.85. The second-order valence-electron chi connectivity index (χ2n) is 3.53. The summed E-state index contributed by atoms with van der Waals surface area (Å²) in [5, 5.41) is 0. The Morgan fingerprint density at radius 1 is 1.50 bits per heavy atom. The van der Waals surface area contributed by atoms with Gasteiger partial charge in [-0.2, -0.15) is 0 Å². The van der Waals surface area contributed by atoms with Gasteiger partial charge in [-0.05, 0) is 11.0 Å². The number of cyclic esters (lactones) is 1. The van der Waals surface area contributed by atoms with Gasteiger partial charge in [0.05, 0.1) is 0 Å². The molecular weight excluding hydrogens is 128 g/mol. The Hall–Kier alpha value is -0.790. The molecule has 0 aliphatic carbocycles. The van der Waals surface area contributed by atoms with Crippen LogP contribution in [0.15, 0.2) is 11.6 Å². The Balaban J connectivity index is 2.76. The van der Waals surface area contributed by atoms with Crippen LogP contribution in [0, 0.1) is 5.41 Å². The molecule has 0 bridgehead atoms. The molecule has 0 radical (unpaired) electrons. The molecule has 0 spiro atoms. The van der Waals surface area contributed by atoms with Gasteiger partial charge in [0.2, 0.25) is 0 Å². The lowest BCUT2D eigenvalue weighted by molar-refractivity contribution is -0.135. The van der Waals surface area contributed by atoms with Crippen molar-refractivity contribution in [2.24, 2.45) is 5.41 Å². The molecule has 2 heteroatoms. The summed E-state index contributed by atoms with van der Waals surface area (Å²) in [4.78, 5) is 10.6. The molecule has 1 heterocycles. The second kappa shape index (κ2) is 2.11. The Morgan fingerprint density at radius 3 is 2.30 bits per heavy atom. The van der Waals surface area contributed by atoms with Gasteiger partial charge in [0.25, 0.3) is 0 Å². The largest absolute Gasteiger partial charge is 0.458 e. The summed E-state index contributed by atoms with van der Waals surface area (Å²) in [6, 6.07) is 0. The minimum Gasteiger partial charge on any atom is -0.458 e. The zero-order chi connectivity index (χ0) is 7.78. The molecule has 10 heavy (non-hydrogen) atoms. The van der Waals surface area contributed by atoms with Gasteiger partial charge in [0.1, 0.15) is 6.61 Å². The van der Waals surface area contributed by atoms with E-state index in [4.69, 9.17) is 4.74 Å². The maximum atomic E-state index is 10.6. The Kier molecular flexibility index (Phi) is 1.55. The fourth-order valence-electron chi connectivity index (χ4n) is 0.807. The van der Waals surface area contributed by atoms with Crippen molar-refractivity contribution >= 4 is 5.97 Å². The van der Waals surface area contributed by atoms with E-state index in [2.05, 4.69) is 20.8 Å². The predicted molar refractivity (Wildman–Crippen MR) is 38.5 cm³/mol. The summed E-state index contributed by atoms with van der Waals surface area (Å²) < 4.78 is 4.76. The first kappa shape index (κ1) is 7.32. The maximum absolute atomic E-state index is 10.6. The summed E-state index contributed by atoms with van der Waals surface area (Å²) >= 11 is 0. The van der Waals surface area contributed by atoms with Gasteiger partial charge in [0, 0.05) is 6.08 Å². The smallest absolute Gasteiger partial charge is 0.331 e. The standard InChI is InChI=1S/C8H12O2/c1-8(2,3)6-4-7(9)10-5-6/h4H,5H2,1-3H3. The molecule has 0 fully saturated rings. The van der Waals surface area contributed by atoms with Gasteiger partial charge < -0.3 is 4.74 Å². The van der Waals surface area contributed by atoms with Crippen molar-refractivity contribution in [3.63, 3.8) is 0 Å². The molecule has 0 unspecified atom stereocenters. The van der Waals surface area contributed by atoms with E-state index in [1.165, 1.54) is 0 Å². The van der Waals surface area contributed by atoms with Crippen LogP contribution in [0.3, 0.4) is 0 Å². The van der Waals surface area contributed by atoms with E-state index in [1.54, 1.807) is 6.08 Å². The van der Waals surface area contributed by atoms with Crippen molar-refractivity contribution in [3.8, 4) is 0 Å². The van der Waals surface area contributed by atoms with Crippen LogP contribution in [0.1, 0.15) is 20.8 Å². The fourth-order valence-corrected chi connectivity index (χ4v) is 0.807. The van der Waals surface area contributed by atoms with E-state index in [0.29, 0.717) is 6.61 Å². The van der Waals surface area contributed by atoms with Gasteiger partial charge in [0.15, 0.2) is 0 Å². The van der Waals surface area contributed by atoms with E-state index in [9.17, 15) is 4.79 Å². The summed E-state index contributed by atoms with van der Waals surface area (Å²) in [7, 11) is 0. The van der Waals surface area contributed by atoms with Crippen LogP contribution in [0.2, 0.25) is 0 Å². The predicted octanol–water partition coefficient (Wildman–Crippen LogP) is 1.52. The number of hydrogen-bond acceptors (Lipinski definition) is 2. The molecular formula is C8H12O2. The highest BCUT2D eigenvalue weighted by atomic mass is 16.5. The summed E-state index contributed by atoms with van der Waals surface area (Å²) in [5.74, 6) is -0.204. The van der Waals surface area contributed by atoms with Gasteiger partial charge in [-0.3, -0.25) is 0 Å². The lowest BCUT2D eigenvalue weighted by Crippen LogP contribution is -2.10. The topological polar surface area (TPSA) is 26.3 Å². The van der Waals surface area contributed by atoms with Crippen LogP contribution in [0.25, 0.3) is 0 Å². The minimum absolute atomic E-state index is 0.0756. The number of carbonyl (C=O) groups is 1. The third-order valence-corrected chi connectivity index (χ3v) is 1.63. The van der Waals surface area contributed by atoms with E-state index >= 15 is 0 Å². The molecule has 0 saturated carbocycles. The highest BCUT2D eigenvalue weighted by Crippen LogP contribution is 2.27. The Labute approximate surface area is 60.9 Å². The van der Waals surface area contributed by atoms with Crippen molar-refractivity contribution in [2.75, 3.05) is 6.61 Å². The molecule has 1 aliphatic rings. The third kappa shape index (κ3) is 1.38. The maximum Gasteiger partial charge on any atom is 0.331 e. The van der Waals surface area contributed by atoms with Crippen LogP contribution in [0.4, 0.5) is 0 Å². The molecule has 0 aromatic carbocycles. The lowest BCUT2D eigenvalue weighted by atomic mass is 9.87. The monoisotopic (exact) mass is 140 g/mol. The Morgan fingerprint density at radius 2 is 2.10 bits per heavy atom. The third-order valence-electron chi connectivity index (χ3n) is 1.63. The van der Waals surface area contributed by atoms with E-state index in [1.807, 2.05) is 0 Å².